The van der Waals surface area contributed by atoms with E-state index in [1.165, 1.54) is 53.8 Å². The first-order valence-electron chi connectivity index (χ1n) is 7.63. The third kappa shape index (κ3) is 4.81. The van der Waals surface area contributed by atoms with Gasteiger partial charge in [0.15, 0.2) is 0 Å². The van der Waals surface area contributed by atoms with Crippen LogP contribution in [-0.2, 0) is 6.61 Å². The van der Waals surface area contributed by atoms with Crippen molar-refractivity contribution >= 4 is 40.2 Å². The minimum Gasteiger partial charge on any atom is -0.489 e. The SMILES string of the molecule is O=C(Nc1cc([N+](=O)[O-])ccc1Cl)c1cc(COc2ccc(F)cc2)cs1. The van der Waals surface area contributed by atoms with Gasteiger partial charge >= 0.3 is 0 Å². The minimum absolute atomic E-state index is 0.161. The zero-order valence-corrected chi connectivity index (χ0v) is 15.2. The summed E-state index contributed by atoms with van der Waals surface area (Å²) in [4.78, 5) is 23.0. The lowest BCUT2D eigenvalue weighted by Crippen LogP contribution is -2.10. The Labute approximate surface area is 162 Å². The van der Waals surface area contributed by atoms with Gasteiger partial charge in [0.2, 0.25) is 0 Å². The van der Waals surface area contributed by atoms with E-state index in [1.54, 1.807) is 11.4 Å². The Morgan fingerprint density at radius 1 is 1.22 bits per heavy atom. The molecule has 0 radical (unpaired) electrons. The summed E-state index contributed by atoms with van der Waals surface area (Å²) < 4.78 is 18.4. The molecule has 1 heterocycles. The van der Waals surface area contributed by atoms with E-state index < -0.39 is 10.8 Å². The number of ether oxygens (including phenoxy) is 1. The van der Waals surface area contributed by atoms with Gasteiger partial charge < -0.3 is 10.1 Å². The normalized spacial score (nSPS) is 10.4. The number of amides is 1. The van der Waals surface area contributed by atoms with Gasteiger partial charge in [-0.2, -0.15) is 0 Å². The van der Waals surface area contributed by atoms with Gasteiger partial charge in [0.25, 0.3) is 11.6 Å². The maximum atomic E-state index is 12.9. The molecule has 1 amide bonds. The predicted molar refractivity (Wildman–Crippen MR) is 101 cm³/mol. The average Bonchev–Trinajstić information content (AvgIpc) is 3.12. The molecule has 3 aromatic rings. The fourth-order valence-electron chi connectivity index (χ4n) is 2.17. The average molecular weight is 407 g/mol. The molecule has 0 aliphatic rings. The zero-order chi connectivity index (χ0) is 19.4. The van der Waals surface area contributed by atoms with Gasteiger partial charge in [-0.25, -0.2) is 4.39 Å². The number of anilines is 1. The van der Waals surface area contributed by atoms with Crippen LogP contribution in [0.3, 0.4) is 0 Å². The monoisotopic (exact) mass is 406 g/mol. The van der Waals surface area contributed by atoms with Crippen molar-refractivity contribution in [3.05, 3.63) is 85.3 Å². The van der Waals surface area contributed by atoms with Crippen LogP contribution in [-0.4, -0.2) is 10.8 Å². The maximum absolute atomic E-state index is 12.9. The fraction of sp³-hybridized carbons (Fsp3) is 0.0556. The Kier molecular flexibility index (Phi) is 5.68. The zero-order valence-electron chi connectivity index (χ0n) is 13.6. The third-order valence-corrected chi connectivity index (χ3v) is 4.81. The van der Waals surface area contributed by atoms with Crippen molar-refractivity contribution in [1.29, 1.82) is 0 Å². The van der Waals surface area contributed by atoms with Crippen LogP contribution in [0.5, 0.6) is 5.75 Å². The molecule has 0 spiro atoms. The first kappa shape index (κ1) is 18.8. The van der Waals surface area contributed by atoms with E-state index in [4.69, 9.17) is 16.3 Å². The molecule has 3 rings (SSSR count). The molecule has 0 fully saturated rings. The second-order valence-corrected chi connectivity index (χ2v) is 6.76. The Bertz CT molecular complexity index is 991. The number of carbonyl (C=O) groups is 1. The van der Waals surface area contributed by atoms with E-state index in [0.29, 0.717) is 10.6 Å². The van der Waals surface area contributed by atoms with Gasteiger partial charge in [-0.15, -0.1) is 11.3 Å². The summed E-state index contributed by atoms with van der Waals surface area (Å²) in [6, 6.07) is 11.1. The number of nitro groups is 1. The van der Waals surface area contributed by atoms with Crippen LogP contribution < -0.4 is 10.1 Å². The van der Waals surface area contributed by atoms with Crippen molar-refractivity contribution in [2.75, 3.05) is 5.32 Å². The second kappa shape index (κ2) is 8.15. The van der Waals surface area contributed by atoms with E-state index in [1.807, 2.05) is 0 Å². The van der Waals surface area contributed by atoms with Crippen LogP contribution in [0.4, 0.5) is 15.8 Å². The summed E-state index contributed by atoms with van der Waals surface area (Å²) in [5.41, 5.74) is 0.752. The summed E-state index contributed by atoms with van der Waals surface area (Å²) in [6.45, 7) is 0.215. The van der Waals surface area contributed by atoms with E-state index >= 15 is 0 Å². The first-order valence-corrected chi connectivity index (χ1v) is 8.89. The first-order chi connectivity index (χ1) is 12.9. The van der Waals surface area contributed by atoms with Crippen molar-refractivity contribution in [1.82, 2.24) is 0 Å². The molecule has 27 heavy (non-hydrogen) atoms. The smallest absolute Gasteiger partial charge is 0.271 e. The maximum Gasteiger partial charge on any atom is 0.271 e. The Balaban J connectivity index is 1.65. The summed E-state index contributed by atoms with van der Waals surface area (Å²) in [5.74, 6) is -0.274. The van der Waals surface area contributed by atoms with Crippen LogP contribution in [0.25, 0.3) is 0 Å². The lowest BCUT2D eigenvalue weighted by Gasteiger charge is -2.06. The summed E-state index contributed by atoms with van der Waals surface area (Å²) in [7, 11) is 0. The van der Waals surface area contributed by atoms with E-state index in [0.717, 1.165) is 5.56 Å². The summed E-state index contributed by atoms with van der Waals surface area (Å²) >= 11 is 7.19. The molecule has 0 saturated heterocycles. The number of rotatable bonds is 6. The molecule has 0 saturated carbocycles. The topological polar surface area (TPSA) is 81.5 Å². The molecule has 0 atom stereocenters. The van der Waals surface area contributed by atoms with Crippen molar-refractivity contribution < 1.29 is 18.8 Å². The van der Waals surface area contributed by atoms with Crippen LogP contribution in [0.2, 0.25) is 5.02 Å². The van der Waals surface area contributed by atoms with Crippen LogP contribution in [0.1, 0.15) is 15.2 Å². The minimum atomic E-state index is -0.567. The number of thiophene rings is 1. The molecule has 2 aromatic carbocycles. The van der Waals surface area contributed by atoms with Gasteiger partial charge in [-0.05, 0) is 41.8 Å². The van der Waals surface area contributed by atoms with Gasteiger partial charge in [-0.3, -0.25) is 14.9 Å². The number of nitrogens with zero attached hydrogens (tertiary/aromatic N) is 1. The van der Waals surface area contributed by atoms with Crippen LogP contribution >= 0.6 is 22.9 Å². The highest BCUT2D eigenvalue weighted by Crippen LogP contribution is 2.28. The number of hydrogen-bond acceptors (Lipinski definition) is 5. The molecular weight excluding hydrogens is 395 g/mol. The standard InChI is InChI=1S/C18H12ClFN2O4S/c19-15-6-3-13(22(24)25)8-16(15)21-18(23)17-7-11(10-27-17)9-26-14-4-1-12(20)2-5-14/h1-8,10H,9H2,(H,21,23). The van der Waals surface area contributed by atoms with Crippen molar-refractivity contribution in [2.24, 2.45) is 0 Å². The Morgan fingerprint density at radius 2 is 1.96 bits per heavy atom. The predicted octanol–water partition coefficient (Wildman–Crippen LogP) is 5.28. The van der Waals surface area contributed by atoms with E-state index in [2.05, 4.69) is 5.32 Å². The number of halogens is 2. The molecule has 1 aromatic heterocycles. The number of nitro benzene ring substituents is 1. The largest absolute Gasteiger partial charge is 0.489 e. The van der Waals surface area contributed by atoms with E-state index in [9.17, 15) is 19.3 Å². The molecular formula is C18H12ClFN2O4S. The quantitative estimate of drug-likeness (QED) is 0.446. The lowest BCUT2D eigenvalue weighted by molar-refractivity contribution is -0.384. The molecule has 1 N–H and O–H groups in total. The lowest BCUT2D eigenvalue weighted by atomic mass is 10.2. The Morgan fingerprint density at radius 3 is 2.67 bits per heavy atom. The van der Waals surface area contributed by atoms with Crippen molar-refractivity contribution in [3.63, 3.8) is 0 Å². The van der Waals surface area contributed by atoms with E-state index in [-0.39, 0.29) is 28.8 Å². The highest BCUT2D eigenvalue weighted by atomic mass is 35.5. The van der Waals surface area contributed by atoms with Gasteiger partial charge in [0.1, 0.15) is 18.2 Å². The number of nitrogens with one attached hydrogen (secondary N) is 1. The molecule has 0 aliphatic carbocycles. The highest BCUT2D eigenvalue weighted by molar-refractivity contribution is 7.12. The van der Waals surface area contributed by atoms with Gasteiger partial charge in [0, 0.05) is 17.7 Å². The summed E-state index contributed by atoms with van der Waals surface area (Å²) in [5, 5.41) is 15.4. The fourth-order valence-corrected chi connectivity index (χ4v) is 3.13. The Hall–Kier alpha value is -2.97. The molecule has 0 aliphatic heterocycles. The van der Waals surface area contributed by atoms with Crippen LogP contribution in [0.15, 0.2) is 53.9 Å². The summed E-state index contributed by atoms with van der Waals surface area (Å²) in [6.07, 6.45) is 0. The van der Waals surface area contributed by atoms with Gasteiger partial charge in [0.05, 0.1) is 20.5 Å². The van der Waals surface area contributed by atoms with Crippen molar-refractivity contribution in [3.8, 4) is 5.75 Å². The van der Waals surface area contributed by atoms with Crippen molar-refractivity contribution in [2.45, 2.75) is 6.61 Å². The number of benzene rings is 2. The highest BCUT2D eigenvalue weighted by Gasteiger charge is 2.15. The number of non-ortho nitro benzene ring substituents is 1. The third-order valence-electron chi connectivity index (χ3n) is 3.51. The molecule has 6 nitrogen and oxygen atoms in total. The number of hydrogen-bond donors (Lipinski definition) is 1. The molecule has 0 bridgehead atoms. The number of carbonyl (C=O) groups excluding carboxylic acids is 1. The molecule has 138 valence electrons. The molecule has 9 heteroatoms. The molecule has 0 unspecified atom stereocenters. The van der Waals surface area contributed by atoms with Gasteiger partial charge in [-0.1, -0.05) is 11.6 Å². The van der Waals surface area contributed by atoms with Crippen LogP contribution in [0, 0.1) is 15.9 Å². The second-order valence-electron chi connectivity index (χ2n) is 5.44.